The zero-order chi connectivity index (χ0) is 24.0. The number of amides is 2. The highest BCUT2D eigenvalue weighted by Gasteiger charge is 2.66. The summed E-state index contributed by atoms with van der Waals surface area (Å²) in [5, 5.41) is 12.4. The van der Waals surface area contributed by atoms with Crippen LogP contribution in [0.1, 0.15) is 31.4 Å². The van der Waals surface area contributed by atoms with Gasteiger partial charge in [0, 0.05) is 36.2 Å². The SMILES string of the molecule is CC(=O)Nc1cccc(CN2C(=O)[C@]3(O[C@H](CCO)[C@@H]([Si](C)(C)F)[C@@H]3C)c3ccccc32)c1. The molecule has 0 aliphatic carbocycles. The van der Waals surface area contributed by atoms with E-state index in [2.05, 4.69) is 5.32 Å². The van der Waals surface area contributed by atoms with Crippen LogP contribution in [-0.2, 0) is 26.5 Å². The quantitative estimate of drug-likeness (QED) is 0.486. The number of rotatable bonds is 6. The van der Waals surface area contributed by atoms with Gasteiger partial charge in [-0.1, -0.05) is 37.3 Å². The van der Waals surface area contributed by atoms with Gasteiger partial charge in [0.2, 0.25) is 14.3 Å². The number of carbonyl (C=O) groups is 2. The molecule has 176 valence electrons. The molecule has 0 bridgehead atoms. The number of hydrogen-bond donors (Lipinski definition) is 2. The third kappa shape index (κ3) is 4.00. The summed E-state index contributed by atoms with van der Waals surface area (Å²) < 4.78 is 21.9. The predicted octanol–water partition coefficient (Wildman–Crippen LogP) is 4.35. The van der Waals surface area contributed by atoms with Gasteiger partial charge in [-0.25, -0.2) is 0 Å². The smallest absolute Gasteiger partial charge is 0.264 e. The van der Waals surface area contributed by atoms with Crippen LogP contribution in [0.15, 0.2) is 48.5 Å². The summed E-state index contributed by atoms with van der Waals surface area (Å²) in [4.78, 5) is 27.2. The second-order valence-electron chi connectivity index (χ2n) is 9.57. The molecule has 0 radical (unpaired) electrons. The molecule has 0 unspecified atom stereocenters. The van der Waals surface area contributed by atoms with Gasteiger partial charge in [-0.05, 0) is 43.3 Å². The van der Waals surface area contributed by atoms with Gasteiger partial charge in [0.15, 0.2) is 5.60 Å². The summed E-state index contributed by atoms with van der Waals surface area (Å²) in [5.41, 5.74) is 1.34. The lowest BCUT2D eigenvalue weighted by molar-refractivity contribution is -0.146. The summed E-state index contributed by atoms with van der Waals surface area (Å²) in [7, 11) is -3.20. The summed E-state index contributed by atoms with van der Waals surface area (Å²) in [6.45, 7) is 6.84. The second kappa shape index (κ2) is 8.66. The number of aliphatic hydroxyl groups is 1. The third-order valence-corrected chi connectivity index (χ3v) is 9.33. The van der Waals surface area contributed by atoms with Gasteiger partial charge < -0.3 is 24.2 Å². The first-order valence-corrected chi connectivity index (χ1v) is 14.3. The van der Waals surface area contributed by atoms with Crippen LogP contribution < -0.4 is 10.2 Å². The van der Waals surface area contributed by atoms with Crippen molar-refractivity contribution in [2.45, 2.75) is 57.2 Å². The van der Waals surface area contributed by atoms with Gasteiger partial charge in [-0.15, -0.1) is 0 Å². The fourth-order valence-electron chi connectivity index (χ4n) is 5.69. The third-order valence-electron chi connectivity index (χ3n) is 6.87. The topological polar surface area (TPSA) is 78.9 Å². The molecule has 1 saturated heterocycles. The van der Waals surface area contributed by atoms with E-state index in [1.165, 1.54) is 6.92 Å². The van der Waals surface area contributed by atoms with Crippen molar-refractivity contribution in [3.63, 3.8) is 0 Å². The van der Waals surface area contributed by atoms with Crippen LogP contribution in [0.4, 0.5) is 15.5 Å². The molecule has 2 heterocycles. The van der Waals surface area contributed by atoms with Gasteiger partial charge in [0.1, 0.15) is 0 Å². The molecule has 6 nitrogen and oxygen atoms in total. The Balaban J connectivity index is 1.75. The van der Waals surface area contributed by atoms with Crippen molar-refractivity contribution in [2.75, 3.05) is 16.8 Å². The van der Waals surface area contributed by atoms with Crippen LogP contribution in [0.5, 0.6) is 0 Å². The van der Waals surface area contributed by atoms with Crippen molar-refractivity contribution in [1.82, 2.24) is 0 Å². The molecular formula is C25H31FN2O4Si. The Morgan fingerprint density at radius 2 is 1.97 bits per heavy atom. The van der Waals surface area contributed by atoms with Crippen LogP contribution in [0, 0.1) is 5.92 Å². The molecule has 2 aromatic carbocycles. The molecule has 0 saturated carbocycles. The monoisotopic (exact) mass is 470 g/mol. The van der Waals surface area contributed by atoms with Crippen molar-refractivity contribution in [2.24, 2.45) is 5.92 Å². The highest BCUT2D eigenvalue weighted by Crippen LogP contribution is 2.60. The van der Waals surface area contributed by atoms with E-state index in [9.17, 15) is 14.7 Å². The van der Waals surface area contributed by atoms with Crippen molar-refractivity contribution in [1.29, 1.82) is 0 Å². The largest absolute Gasteiger partial charge is 0.396 e. The molecule has 1 fully saturated rings. The zero-order valence-corrected chi connectivity index (χ0v) is 20.5. The summed E-state index contributed by atoms with van der Waals surface area (Å²) in [6, 6.07) is 14.9. The van der Waals surface area contributed by atoms with Crippen LogP contribution in [0.25, 0.3) is 0 Å². The van der Waals surface area contributed by atoms with E-state index >= 15 is 4.11 Å². The minimum Gasteiger partial charge on any atom is -0.396 e. The number of benzene rings is 2. The van der Waals surface area contributed by atoms with Crippen LogP contribution in [0.2, 0.25) is 18.6 Å². The Bertz CT molecular complexity index is 1070. The number of para-hydroxylation sites is 1. The number of carbonyl (C=O) groups excluding carboxylic acids is 2. The first-order chi connectivity index (χ1) is 15.6. The number of halogens is 1. The number of nitrogens with one attached hydrogen (secondary N) is 1. The van der Waals surface area contributed by atoms with Gasteiger partial charge in [0.25, 0.3) is 5.91 Å². The van der Waals surface area contributed by atoms with Gasteiger partial charge >= 0.3 is 0 Å². The zero-order valence-electron chi connectivity index (χ0n) is 19.5. The van der Waals surface area contributed by atoms with Gasteiger partial charge in [-0.2, -0.15) is 0 Å². The number of aliphatic hydroxyl groups excluding tert-OH is 1. The maximum Gasteiger partial charge on any atom is 0.264 e. The van der Waals surface area contributed by atoms with E-state index in [1.807, 2.05) is 49.4 Å². The van der Waals surface area contributed by atoms with Crippen molar-refractivity contribution in [3.05, 3.63) is 59.7 Å². The molecule has 33 heavy (non-hydrogen) atoms. The van der Waals surface area contributed by atoms with E-state index in [0.717, 1.165) is 16.8 Å². The average molecular weight is 471 g/mol. The molecule has 2 N–H and O–H groups in total. The molecule has 4 atom stereocenters. The Morgan fingerprint density at radius 3 is 2.64 bits per heavy atom. The second-order valence-corrected chi connectivity index (χ2v) is 13.4. The van der Waals surface area contributed by atoms with E-state index < -0.39 is 25.7 Å². The molecule has 1 spiro atoms. The number of hydrogen-bond acceptors (Lipinski definition) is 4. The lowest BCUT2D eigenvalue weighted by atomic mass is 9.82. The molecule has 2 aliphatic rings. The molecule has 4 rings (SSSR count). The Hall–Kier alpha value is -2.55. The van der Waals surface area contributed by atoms with E-state index in [1.54, 1.807) is 24.1 Å². The van der Waals surface area contributed by atoms with Gasteiger partial charge in [-0.3, -0.25) is 9.59 Å². The normalized spacial score (nSPS) is 26.7. The van der Waals surface area contributed by atoms with E-state index in [0.29, 0.717) is 18.7 Å². The first kappa shape index (κ1) is 23.6. The molecule has 8 heteroatoms. The lowest BCUT2D eigenvalue weighted by Gasteiger charge is -2.31. The predicted molar refractivity (Wildman–Crippen MR) is 128 cm³/mol. The standard InChI is InChI=1S/C25H31FN2O4Si/c1-16-23(33(3,4)26)22(12-13-29)32-25(16)20-10-5-6-11-21(20)28(24(25)31)15-18-8-7-9-19(14-18)27-17(2)30/h5-11,14,16,22-23,29H,12-13,15H2,1-4H3,(H,27,30)/t16-,22+,23-,25+/m0/s1. The fourth-order valence-corrected chi connectivity index (χ4v) is 8.23. The Morgan fingerprint density at radius 1 is 1.24 bits per heavy atom. The number of anilines is 2. The van der Waals surface area contributed by atoms with E-state index in [-0.39, 0.29) is 24.3 Å². The maximum atomic E-state index is 15.5. The Labute approximate surface area is 194 Å². The van der Waals surface area contributed by atoms with E-state index in [4.69, 9.17) is 4.74 Å². The number of ether oxygens (including phenoxy) is 1. The molecule has 0 aromatic heterocycles. The minimum absolute atomic E-state index is 0.121. The maximum absolute atomic E-state index is 15.5. The van der Waals surface area contributed by atoms with Crippen molar-refractivity contribution >= 4 is 31.6 Å². The average Bonchev–Trinajstić information content (AvgIpc) is 3.16. The van der Waals surface area contributed by atoms with Gasteiger partial charge in [0.05, 0.1) is 18.3 Å². The fraction of sp³-hybridized carbons (Fsp3) is 0.440. The summed E-state index contributed by atoms with van der Waals surface area (Å²) >= 11 is 0. The number of fused-ring (bicyclic) bond motifs is 2. The summed E-state index contributed by atoms with van der Waals surface area (Å²) in [6.07, 6.45) is -0.220. The van der Waals surface area contributed by atoms with Crippen molar-refractivity contribution < 1.29 is 23.5 Å². The van der Waals surface area contributed by atoms with Crippen LogP contribution in [-0.4, -0.2) is 38.0 Å². The van der Waals surface area contributed by atoms with Crippen LogP contribution >= 0.6 is 0 Å². The van der Waals surface area contributed by atoms with Crippen LogP contribution in [0.3, 0.4) is 0 Å². The minimum atomic E-state index is -3.20. The van der Waals surface area contributed by atoms with Crippen molar-refractivity contribution in [3.8, 4) is 0 Å². The molecule has 2 aliphatic heterocycles. The lowest BCUT2D eigenvalue weighted by Crippen LogP contribution is -2.45. The molecular weight excluding hydrogens is 439 g/mol. The highest BCUT2D eigenvalue weighted by molar-refractivity contribution is 6.72. The molecule has 2 amide bonds. The number of nitrogens with zero attached hydrogens (tertiary/aromatic N) is 1. The molecule has 2 aromatic rings. The Kier molecular flexibility index (Phi) is 6.20. The summed E-state index contributed by atoms with van der Waals surface area (Å²) in [5.74, 6) is -0.740. The first-order valence-electron chi connectivity index (χ1n) is 11.3. The highest BCUT2D eigenvalue weighted by atomic mass is 28.4.